The first-order valence-electron chi connectivity index (χ1n) is 4.53. The van der Waals surface area contributed by atoms with E-state index < -0.39 is 0 Å². The molecular formula is C11H10N2O2. The van der Waals surface area contributed by atoms with E-state index >= 15 is 0 Å². The number of nitrogens with one attached hydrogen (secondary N) is 1. The fraction of sp³-hybridized carbons (Fsp3) is 0.0909. The number of carbonyl (C=O) groups is 1. The van der Waals surface area contributed by atoms with Gasteiger partial charge in [-0.25, -0.2) is 0 Å². The second-order valence-corrected chi connectivity index (χ2v) is 3.11. The molecule has 2 heterocycles. The molecule has 2 aromatic rings. The average Bonchev–Trinajstić information content (AvgIpc) is 2.66. The summed E-state index contributed by atoms with van der Waals surface area (Å²) in [5.41, 5.74) is 0.650. The van der Waals surface area contributed by atoms with Crippen LogP contribution in [0.4, 0.5) is 5.69 Å². The monoisotopic (exact) mass is 202 g/mol. The van der Waals surface area contributed by atoms with Gasteiger partial charge in [-0.1, -0.05) is 0 Å². The molecule has 0 fully saturated rings. The van der Waals surface area contributed by atoms with Gasteiger partial charge in [0.2, 0.25) is 0 Å². The van der Waals surface area contributed by atoms with Gasteiger partial charge in [0.15, 0.2) is 5.76 Å². The number of anilines is 1. The summed E-state index contributed by atoms with van der Waals surface area (Å²) in [7, 11) is 0. The molecule has 0 aromatic carbocycles. The maximum Gasteiger partial charge on any atom is 0.291 e. The highest BCUT2D eigenvalue weighted by Crippen LogP contribution is 2.10. The largest absolute Gasteiger partial charge is 0.456 e. The number of furan rings is 1. The first-order valence-corrected chi connectivity index (χ1v) is 4.53. The molecule has 0 unspecified atom stereocenters. The second-order valence-electron chi connectivity index (χ2n) is 3.11. The highest BCUT2D eigenvalue weighted by Gasteiger charge is 2.09. The number of nitrogens with zero attached hydrogens (tertiary/aromatic N) is 1. The normalized spacial score (nSPS) is 9.93. The lowest BCUT2D eigenvalue weighted by atomic mass is 10.3. The molecule has 0 aliphatic rings. The SMILES string of the molecule is Cc1ccc(C(=O)Nc2cccnc2)o1. The predicted molar refractivity (Wildman–Crippen MR) is 55.6 cm³/mol. The lowest BCUT2D eigenvalue weighted by Crippen LogP contribution is -2.10. The number of hydrogen-bond donors (Lipinski definition) is 1. The summed E-state index contributed by atoms with van der Waals surface area (Å²) in [6.45, 7) is 1.79. The lowest BCUT2D eigenvalue weighted by molar-refractivity contribution is 0.0995. The molecule has 0 spiro atoms. The van der Waals surface area contributed by atoms with E-state index in [1.165, 1.54) is 0 Å². The molecule has 1 N–H and O–H groups in total. The second kappa shape index (κ2) is 3.96. The van der Waals surface area contributed by atoms with E-state index in [4.69, 9.17) is 4.42 Å². The Bertz CT molecular complexity index is 462. The van der Waals surface area contributed by atoms with Crippen molar-refractivity contribution >= 4 is 11.6 Å². The minimum Gasteiger partial charge on any atom is -0.456 e. The highest BCUT2D eigenvalue weighted by atomic mass is 16.3. The van der Waals surface area contributed by atoms with Crippen molar-refractivity contribution in [2.75, 3.05) is 5.32 Å². The Morgan fingerprint density at radius 3 is 2.87 bits per heavy atom. The lowest BCUT2D eigenvalue weighted by Gasteiger charge is -2.00. The summed E-state index contributed by atoms with van der Waals surface area (Å²) in [5.74, 6) is 0.749. The predicted octanol–water partition coefficient (Wildman–Crippen LogP) is 2.24. The molecule has 2 rings (SSSR count). The molecule has 0 aliphatic heterocycles. The van der Waals surface area contributed by atoms with Crippen molar-refractivity contribution in [1.29, 1.82) is 0 Å². The molecule has 0 radical (unpaired) electrons. The van der Waals surface area contributed by atoms with Gasteiger partial charge in [0.25, 0.3) is 5.91 Å². The molecule has 4 heteroatoms. The fourth-order valence-corrected chi connectivity index (χ4v) is 1.19. The first-order chi connectivity index (χ1) is 7.25. The summed E-state index contributed by atoms with van der Waals surface area (Å²) in [4.78, 5) is 15.5. The zero-order chi connectivity index (χ0) is 10.7. The van der Waals surface area contributed by atoms with Gasteiger partial charge >= 0.3 is 0 Å². The average molecular weight is 202 g/mol. The van der Waals surface area contributed by atoms with Crippen LogP contribution in [0, 0.1) is 6.92 Å². The van der Waals surface area contributed by atoms with Crippen LogP contribution < -0.4 is 5.32 Å². The summed E-state index contributed by atoms with van der Waals surface area (Å²) >= 11 is 0. The highest BCUT2D eigenvalue weighted by molar-refractivity contribution is 6.02. The van der Waals surface area contributed by atoms with E-state index in [-0.39, 0.29) is 5.91 Å². The molecule has 1 amide bonds. The van der Waals surface area contributed by atoms with Crippen molar-refractivity contribution in [3.63, 3.8) is 0 Å². The van der Waals surface area contributed by atoms with Gasteiger partial charge in [-0.3, -0.25) is 9.78 Å². The van der Waals surface area contributed by atoms with Gasteiger partial charge < -0.3 is 9.73 Å². The minimum atomic E-state index is -0.267. The van der Waals surface area contributed by atoms with Gasteiger partial charge in [0.1, 0.15) is 5.76 Å². The van der Waals surface area contributed by atoms with Crippen LogP contribution in [0.1, 0.15) is 16.3 Å². The Morgan fingerprint density at radius 1 is 1.40 bits per heavy atom. The van der Waals surface area contributed by atoms with Crippen LogP contribution in [0.25, 0.3) is 0 Å². The fourth-order valence-electron chi connectivity index (χ4n) is 1.19. The summed E-state index contributed by atoms with van der Waals surface area (Å²) < 4.78 is 5.19. The van der Waals surface area contributed by atoms with Crippen molar-refractivity contribution in [2.45, 2.75) is 6.92 Å². The van der Waals surface area contributed by atoms with Crippen LogP contribution in [0.3, 0.4) is 0 Å². The van der Waals surface area contributed by atoms with Crippen LogP contribution in [0.5, 0.6) is 0 Å². The number of amides is 1. The van der Waals surface area contributed by atoms with E-state index in [0.717, 1.165) is 0 Å². The molecule has 0 saturated heterocycles. The smallest absolute Gasteiger partial charge is 0.291 e. The molecule has 0 bridgehead atoms. The number of aromatic nitrogens is 1. The third-order valence-corrected chi connectivity index (χ3v) is 1.88. The third kappa shape index (κ3) is 2.22. The van der Waals surface area contributed by atoms with Gasteiger partial charge in [0.05, 0.1) is 11.9 Å². The minimum absolute atomic E-state index is 0.267. The third-order valence-electron chi connectivity index (χ3n) is 1.88. The Labute approximate surface area is 86.9 Å². The molecule has 4 nitrogen and oxygen atoms in total. The Balaban J connectivity index is 2.11. The zero-order valence-corrected chi connectivity index (χ0v) is 8.23. The van der Waals surface area contributed by atoms with Crippen LogP contribution in [-0.2, 0) is 0 Å². The van der Waals surface area contributed by atoms with E-state index in [2.05, 4.69) is 10.3 Å². The van der Waals surface area contributed by atoms with Crippen molar-refractivity contribution in [1.82, 2.24) is 4.98 Å². The molecule has 15 heavy (non-hydrogen) atoms. The number of carbonyl (C=O) groups excluding carboxylic acids is 1. The molecule has 0 atom stereocenters. The molecule has 76 valence electrons. The number of hydrogen-bond acceptors (Lipinski definition) is 3. The molecule has 0 saturated carbocycles. The van der Waals surface area contributed by atoms with Crippen molar-refractivity contribution in [3.05, 3.63) is 48.2 Å². The standard InChI is InChI=1S/C11H10N2O2/c1-8-4-5-10(15-8)11(14)13-9-3-2-6-12-7-9/h2-7H,1H3,(H,13,14). The molecular weight excluding hydrogens is 192 g/mol. The Kier molecular flexibility index (Phi) is 2.49. The maximum absolute atomic E-state index is 11.6. The van der Waals surface area contributed by atoms with E-state index in [1.54, 1.807) is 43.6 Å². The van der Waals surface area contributed by atoms with Gasteiger partial charge in [-0.15, -0.1) is 0 Å². The molecule has 2 aromatic heterocycles. The quantitative estimate of drug-likeness (QED) is 0.812. The van der Waals surface area contributed by atoms with Gasteiger partial charge in [0, 0.05) is 6.20 Å². The summed E-state index contributed by atoms with van der Waals surface area (Å²) in [6, 6.07) is 6.91. The summed E-state index contributed by atoms with van der Waals surface area (Å²) in [6.07, 6.45) is 3.22. The molecule has 0 aliphatic carbocycles. The number of pyridine rings is 1. The number of aryl methyl sites for hydroxylation is 1. The Hall–Kier alpha value is -2.10. The summed E-state index contributed by atoms with van der Waals surface area (Å²) in [5, 5.41) is 2.68. The van der Waals surface area contributed by atoms with Crippen LogP contribution in [-0.4, -0.2) is 10.9 Å². The first kappa shape index (κ1) is 9.45. The van der Waals surface area contributed by atoms with Crippen LogP contribution in [0.15, 0.2) is 41.1 Å². The van der Waals surface area contributed by atoms with E-state index in [9.17, 15) is 4.79 Å². The van der Waals surface area contributed by atoms with Crippen molar-refractivity contribution < 1.29 is 9.21 Å². The van der Waals surface area contributed by atoms with Gasteiger partial charge in [-0.2, -0.15) is 0 Å². The van der Waals surface area contributed by atoms with Crippen molar-refractivity contribution in [2.24, 2.45) is 0 Å². The van der Waals surface area contributed by atoms with Crippen molar-refractivity contribution in [3.8, 4) is 0 Å². The van der Waals surface area contributed by atoms with Gasteiger partial charge in [-0.05, 0) is 31.2 Å². The Morgan fingerprint density at radius 2 is 2.27 bits per heavy atom. The van der Waals surface area contributed by atoms with Crippen LogP contribution in [0.2, 0.25) is 0 Å². The zero-order valence-electron chi connectivity index (χ0n) is 8.23. The maximum atomic E-state index is 11.6. The topological polar surface area (TPSA) is 55.1 Å². The van der Waals surface area contributed by atoms with E-state index in [0.29, 0.717) is 17.2 Å². The van der Waals surface area contributed by atoms with E-state index in [1.807, 2.05) is 0 Å². The number of rotatable bonds is 2. The van der Waals surface area contributed by atoms with Crippen LogP contribution >= 0.6 is 0 Å².